The van der Waals surface area contributed by atoms with E-state index in [9.17, 15) is 4.79 Å². The van der Waals surface area contributed by atoms with Crippen LogP contribution in [-0.4, -0.2) is 31.8 Å². The van der Waals surface area contributed by atoms with Crippen LogP contribution >= 0.6 is 0 Å². The smallest absolute Gasteiger partial charge is 0.226 e. The molecular weight excluding hydrogens is 232 g/mol. The molecule has 0 aliphatic carbocycles. The first-order valence-corrected chi connectivity index (χ1v) is 5.77. The highest BCUT2D eigenvalue weighted by Crippen LogP contribution is 2.10. The van der Waals surface area contributed by atoms with E-state index in [2.05, 4.69) is 5.32 Å². The van der Waals surface area contributed by atoms with Crippen LogP contribution in [0.4, 0.5) is 5.69 Å². The first-order valence-electron chi connectivity index (χ1n) is 5.77. The minimum Gasteiger partial charge on any atom is -0.376 e. The van der Waals surface area contributed by atoms with Crippen molar-refractivity contribution >= 4 is 11.6 Å². The second-order valence-electron chi connectivity index (χ2n) is 4.02. The summed E-state index contributed by atoms with van der Waals surface area (Å²) in [7, 11) is 0. The fourth-order valence-corrected chi connectivity index (χ4v) is 1.52. The lowest BCUT2D eigenvalue weighted by Crippen LogP contribution is -2.36. The molecule has 1 heterocycles. The molecule has 1 amide bonds. The molecule has 0 unspecified atom stereocenters. The maximum Gasteiger partial charge on any atom is 0.226 e. The monoisotopic (exact) mass is 246 g/mol. The number of nitriles is 1. The zero-order valence-corrected chi connectivity index (χ0v) is 9.89. The summed E-state index contributed by atoms with van der Waals surface area (Å²) >= 11 is 0. The second-order valence-corrected chi connectivity index (χ2v) is 4.02. The van der Waals surface area contributed by atoms with Crippen molar-refractivity contribution in [3.63, 3.8) is 0 Å². The lowest BCUT2D eigenvalue weighted by molar-refractivity contribution is -0.135. The van der Waals surface area contributed by atoms with Crippen molar-refractivity contribution < 1.29 is 14.3 Å². The standard InChI is InChI=1S/C13H14N2O3/c14-7-10-2-1-3-11(6-10)15-13(16)4-5-18-12-8-17-9-12/h1-3,6,12H,4-5,8-9H2,(H,15,16). The molecule has 94 valence electrons. The van der Waals surface area contributed by atoms with Gasteiger partial charge in [-0.1, -0.05) is 6.07 Å². The Labute approximate surface area is 105 Å². The Morgan fingerprint density at radius 1 is 1.56 bits per heavy atom. The van der Waals surface area contributed by atoms with Gasteiger partial charge in [-0.05, 0) is 18.2 Å². The fourth-order valence-electron chi connectivity index (χ4n) is 1.52. The molecule has 5 nitrogen and oxygen atoms in total. The minimum atomic E-state index is -0.120. The Balaban J connectivity index is 1.74. The molecule has 1 aliphatic rings. The first-order chi connectivity index (χ1) is 8.78. The van der Waals surface area contributed by atoms with Crippen molar-refractivity contribution in [1.82, 2.24) is 0 Å². The molecule has 0 radical (unpaired) electrons. The van der Waals surface area contributed by atoms with Crippen LogP contribution in [0.5, 0.6) is 0 Å². The third-order valence-electron chi connectivity index (χ3n) is 2.57. The average molecular weight is 246 g/mol. The molecule has 1 fully saturated rings. The third-order valence-corrected chi connectivity index (χ3v) is 2.57. The quantitative estimate of drug-likeness (QED) is 0.850. The summed E-state index contributed by atoms with van der Waals surface area (Å²) in [5.74, 6) is -0.120. The summed E-state index contributed by atoms with van der Waals surface area (Å²) in [6.07, 6.45) is 0.438. The number of nitrogens with one attached hydrogen (secondary N) is 1. The van der Waals surface area contributed by atoms with Gasteiger partial charge in [0.15, 0.2) is 0 Å². The van der Waals surface area contributed by atoms with Gasteiger partial charge in [-0.25, -0.2) is 0 Å². The highest BCUT2D eigenvalue weighted by Gasteiger charge is 2.18. The number of anilines is 1. The average Bonchev–Trinajstić information content (AvgIpc) is 2.32. The zero-order chi connectivity index (χ0) is 12.8. The topological polar surface area (TPSA) is 71.4 Å². The molecule has 2 rings (SSSR count). The number of hydrogen-bond donors (Lipinski definition) is 1. The summed E-state index contributed by atoms with van der Waals surface area (Å²) in [5, 5.41) is 11.5. The summed E-state index contributed by atoms with van der Waals surface area (Å²) in [5.41, 5.74) is 1.15. The lowest BCUT2D eigenvalue weighted by Gasteiger charge is -2.25. The number of carbonyl (C=O) groups is 1. The van der Waals surface area contributed by atoms with Crippen molar-refractivity contribution in [2.75, 3.05) is 25.1 Å². The molecule has 0 atom stereocenters. The largest absolute Gasteiger partial charge is 0.376 e. The normalized spacial score (nSPS) is 14.6. The third kappa shape index (κ3) is 3.55. The molecule has 0 saturated carbocycles. The lowest BCUT2D eigenvalue weighted by atomic mass is 10.2. The van der Waals surface area contributed by atoms with Crippen molar-refractivity contribution in [2.24, 2.45) is 0 Å². The highest BCUT2D eigenvalue weighted by molar-refractivity contribution is 5.90. The highest BCUT2D eigenvalue weighted by atomic mass is 16.6. The van der Waals surface area contributed by atoms with Crippen LogP contribution in [0.15, 0.2) is 24.3 Å². The number of nitrogens with zero attached hydrogens (tertiary/aromatic N) is 1. The van der Waals surface area contributed by atoms with Gasteiger partial charge in [0.1, 0.15) is 6.10 Å². The number of carbonyl (C=O) groups excluding carboxylic acids is 1. The summed E-state index contributed by atoms with van der Waals surface area (Å²) < 4.78 is 10.4. The minimum absolute atomic E-state index is 0.120. The fraction of sp³-hybridized carbons (Fsp3) is 0.385. The number of benzene rings is 1. The van der Waals surface area contributed by atoms with Crippen LogP contribution in [0, 0.1) is 11.3 Å². The van der Waals surface area contributed by atoms with E-state index in [0.29, 0.717) is 37.5 Å². The van der Waals surface area contributed by atoms with E-state index in [4.69, 9.17) is 14.7 Å². The van der Waals surface area contributed by atoms with E-state index in [1.54, 1.807) is 24.3 Å². The van der Waals surface area contributed by atoms with Crippen LogP contribution in [0.2, 0.25) is 0 Å². The second kappa shape index (κ2) is 6.15. The summed E-state index contributed by atoms with van der Waals surface area (Å²) in [6, 6.07) is 8.83. The van der Waals surface area contributed by atoms with Gasteiger partial charge in [0, 0.05) is 5.69 Å². The molecule has 1 aromatic rings. The molecule has 1 N–H and O–H groups in total. The van der Waals surface area contributed by atoms with Gasteiger partial charge in [0.2, 0.25) is 5.91 Å². The summed E-state index contributed by atoms with van der Waals surface area (Å²) in [4.78, 5) is 11.6. The molecule has 1 aliphatic heterocycles. The molecule has 18 heavy (non-hydrogen) atoms. The molecule has 1 saturated heterocycles. The van der Waals surface area contributed by atoms with Crippen LogP contribution < -0.4 is 5.32 Å². The number of ether oxygens (including phenoxy) is 2. The number of rotatable bonds is 5. The van der Waals surface area contributed by atoms with Crippen LogP contribution in [0.25, 0.3) is 0 Å². The van der Waals surface area contributed by atoms with E-state index in [1.807, 2.05) is 6.07 Å². The molecular formula is C13H14N2O3. The van der Waals surface area contributed by atoms with E-state index in [0.717, 1.165) is 0 Å². The maximum atomic E-state index is 11.6. The van der Waals surface area contributed by atoms with E-state index < -0.39 is 0 Å². The van der Waals surface area contributed by atoms with Gasteiger partial charge in [-0.3, -0.25) is 4.79 Å². The molecule has 5 heteroatoms. The van der Waals surface area contributed by atoms with Gasteiger partial charge in [-0.15, -0.1) is 0 Å². The van der Waals surface area contributed by atoms with E-state index in [1.165, 1.54) is 0 Å². The van der Waals surface area contributed by atoms with Crippen molar-refractivity contribution in [3.05, 3.63) is 29.8 Å². The van der Waals surface area contributed by atoms with Gasteiger partial charge in [0.05, 0.1) is 37.9 Å². The Morgan fingerprint density at radius 2 is 2.39 bits per heavy atom. The van der Waals surface area contributed by atoms with Crippen molar-refractivity contribution in [1.29, 1.82) is 5.26 Å². The van der Waals surface area contributed by atoms with E-state index in [-0.39, 0.29) is 12.0 Å². The van der Waals surface area contributed by atoms with Crippen LogP contribution in [0.1, 0.15) is 12.0 Å². The molecule has 1 aromatic carbocycles. The summed E-state index contributed by atoms with van der Waals surface area (Å²) in [6.45, 7) is 1.62. The molecule has 0 spiro atoms. The van der Waals surface area contributed by atoms with Gasteiger partial charge < -0.3 is 14.8 Å². The zero-order valence-electron chi connectivity index (χ0n) is 9.89. The van der Waals surface area contributed by atoms with Crippen molar-refractivity contribution in [2.45, 2.75) is 12.5 Å². The Hall–Kier alpha value is -1.90. The predicted molar refractivity (Wildman–Crippen MR) is 65.0 cm³/mol. The number of amides is 1. The Kier molecular flexibility index (Phi) is 4.29. The van der Waals surface area contributed by atoms with Gasteiger partial charge in [-0.2, -0.15) is 5.26 Å². The predicted octanol–water partition coefficient (Wildman–Crippen LogP) is 1.30. The van der Waals surface area contributed by atoms with Crippen LogP contribution in [0.3, 0.4) is 0 Å². The SMILES string of the molecule is N#Cc1cccc(NC(=O)CCOC2COC2)c1. The molecule has 0 aromatic heterocycles. The number of hydrogen-bond acceptors (Lipinski definition) is 4. The van der Waals surface area contributed by atoms with Gasteiger partial charge >= 0.3 is 0 Å². The van der Waals surface area contributed by atoms with E-state index >= 15 is 0 Å². The Bertz CT molecular complexity index is 464. The first kappa shape index (κ1) is 12.6. The van der Waals surface area contributed by atoms with Crippen molar-refractivity contribution in [3.8, 4) is 6.07 Å². The molecule has 0 bridgehead atoms. The van der Waals surface area contributed by atoms with Gasteiger partial charge in [0.25, 0.3) is 0 Å². The van der Waals surface area contributed by atoms with Crippen LogP contribution in [-0.2, 0) is 14.3 Å². The maximum absolute atomic E-state index is 11.6. The Morgan fingerprint density at radius 3 is 3.06 bits per heavy atom.